The molecular formula is C23H22F4. The molecule has 3 rings (SSSR count). The van der Waals surface area contributed by atoms with Gasteiger partial charge < -0.3 is 0 Å². The van der Waals surface area contributed by atoms with Crippen LogP contribution in [-0.2, 0) is 0 Å². The zero-order chi connectivity index (χ0) is 19.4. The summed E-state index contributed by atoms with van der Waals surface area (Å²) in [6.07, 6.45) is 6.48. The van der Waals surface area contributed by atoms with E-state index >= 15 is 0 Å². The SMILES string of the molecule is CCC[C@H]1CC[C@H](c2cc(F)c(C#Cc3ccc(F)c(F)c3)c(F)c2)CC1. The first-order valence-electron chi connectivity index (χ1n) is 9.44. The predicted octanol–water partition coefficient (Wildman–Crippen LogP) is 6.72. The molecule has 0 N–H and O–H groups in total. The van der Waals surface area contributed by atoms with Crippen molar-refractivity contribution in [2.45, 2.75) is 51.4 Å². The Kier molecular flexibility index (Phi) is 6.21. The second kappa shape index (κ2) is 8.61. The Morgan fingerprint density at radius 1 is 0.815 bits per heavy atom. The van der Waals surface area contributed by atoms with Crippen LogP contribution >= 0.6 is 0 Å². The van der Waals surface area contributed by atoms with Crippen molar-refractivity contribution in [1.82, 2.24) is 0 Å². The zero-order valence-corrected chi connectivity index (χ0v) is 15.3. The van der Waals surface area contributed by atoms with Crippen LogP contribution in [0, 0.1) is 41.0 Å². The summed E-state index contributed by atoms with van der Waals surface area (Å²) in [6.45, 7) is 2.18. The van der Waals surface area contributed by atoms with E-state index < -0.39 is 23.3 Å². The summed E-state index contributed by atoms with van der Waals surface area (Å²) in [5.74, 6) is 2.34. The molecule has 1 saturated carbocycles. The standard InChI is InChI=1S/C23H22F4/c1-2-3-15-4-8-17(9-5-15)18-13-21(25)19(22(26)14-18)10-6-16-7-11-20(24)23(27)12-16/h7,11-15,17H,2-5,8-9H2,1H3/t15-,17-. The van der Waals surface area contributed by atoms with Crippen LogP contribution in [0.1, 0.15) is 68.1 Å². The van der Waals surface area contributed by atoms with E-state index in [1.807, 2.05) is 0 Å². The van der Waals surface area contributed by atoms with Gasteiger partial charge in [0.1, 0.15) is 11.6 Å². The van der Waals surface area contributed by atoms with Crippen LogP contribution in [0.5, 0.6) is 0 Å². The van der Waals surface area contributed by atoms with Crippen molar-refractivity contribution >= 4 is 0 Å². The van der Waals surface area contributed by atoms with Crippen LogP contribution in [0.15, 0.2) is 30.3 Å². The van der Waals surface area contributed by atoms with Gasteiger partial charge in [0.2, 0.25) is 0 Å². The lowest BCUT2D eigenvalue weighted by molar-refractivity contribution is 0.307. The fourth-order valence-electron chi connectivity index (χ4n) is 3.85. The Balaban J connectivity index is 1.78. The summed E-state index contributed by atoms with van der Waals surface area (Å²) >= 11 is 0. The summed E-state index contributed by atoms with van der Waals surface area (Å²) in [5, 5.41) is 0. The lowest BCUT2D eigenvalue weighted by Crippen LogP contribution is -2.13. The summed E-state index contributed by atoms with van der Waals surface area (Å²) in [6, 6.07) is 5.84. The number of rotatable bonds is 3. The Hall–Kier alpha value is -2.28. The molecule has 0 radical (unpaired) electrons. The van der Waals surface area contributed by atoms with E-state index in [-0.39, 0.29) is 17.0 Å². The van der Waals surface area contributed by atoms with Crippen LogP contribution in [0.3, 0.4) is 0 Å². The quantitative estimate of drug-likeness (QED) is 0.413. The van der Waals surface area contributed by atoms with Crippen molar-refractivity contribution in [3.05, 3.63) is 70.3 Å². The molecule has 4 heteroatoms. The van der Waals surface area contributed by atoms with E-state index in [4.69, 9.17) is 0 Å². The van der Waals surface area contributed by atoms with E-state index in [1.54, 1.807) is 0 Å². The molecule has 0 unspecified atom stereocenters. The predicted molar refractivity (Wildman–Crippen MR) is 98.3 cm³/mol. The highest BCUT2D eigenvalue weighted by atomic mass is 19.2. The Labute approximate surface area is 157 Å². The smallest absolute Gasteiger partial charge is 0.160 e. The largest absolute Gasteiger partial charge is 0.206 e. The van der Waals surface area contributed by atoms with Gasteiger partial charge in [0.05, 0.1) is 5.56 Å². The maximum absolute atomic E-state index is 14.4. The van der Waals surface area contributed by atoms with Gasteiger partial charge in [0.15, 0.2) is 11.6 Å². The van der Waals surface area contributed by atoms with Crippen molar-refractivity contribution in [3.63, 3.8) is 0 Å². The topological polar surface area (TPSA) is 0 Å². The first-order chi connectivity index (χ1) is 13.0. The molecule has 1 aliphatic carbocycles. The molecule has 0 bridgehead atoms. The number of hydrogen-bond acceptors (Lipinski definition) is 0. The molecule has 2 aromatic carbocycles. The second-order valence-electron chi connectivity index (χ2n) is 7.24. The molecule has 142 valence electrons. The summed E-state index contributed by atoms with van der Waals surface area (Å²) in [4.78, 5) is 0. The van der Waals surface area contributed by atoms with Crippen LogP contribution in [-0.4, -0.2) is 0 Å². The number of hydrogen-bond donors (Lipinski definition) is 0. The van der Waals surface area contributed by atoms with E-state index in [0.717, 1.165) is 43.7 Å². The lowest BCUT2D eigenvalue weighted by atomic mass is 9.77. The monoisotopic (exact) mass is 374 g/mol. The summed E-state index contributed by atoms with van der Waals surface area (Å²) < 4.78 is 55.0. The lowest BCUT2D eigenvalue weighted by Gasteiger charge is -2.28. The van der Waals surface area contributed by atoms with Gasteiger partial charge in [-0.15, -0.1) is 0 Å². The van der Waals surface area contributed by atoms with Gasteiger partial charge in [-0.25, -0.2) is 17.6 Å². The molecule has 0 atom stereocenters. The van der Waals surface area contributed by atoms with Crippen LogP contribution in [0.25, 0.3) is 0 Å². The third-order valence-electron chi connectivity index (χ3n) is 5.33. The molecule has 0 heterocycles. The summed E-state index contributed by atoms with van der Waals surface area (Å²) in [5.41, 5.74) is 0.493. The van der Waals surface area contributed by atoms with Crippen LogP contribution < -0.4 is 0 Å². The van der Waals surface area contributed by atoms with Crippen molar-refractivity contribution in [1.29, 1.82) is 0 Å². The van der Waals surface area contributed by atoms with Gasteiger partial charge in [-0.2, -0.15) is 0 Å². The van der Waals surface area contributed by atoms with Gasteiger partial charge in [0, 0.05) is 5.56 Å². The highest BCUT2D eigenvalue weighted by Gasteiger charge is 2.23. The normalized spacial score (nSPS) is 19.4. The second-order valence-corrected chi connectivity index (χ2v) is 7.24. The van der Waals surface area contributed by atoms with E-state index in [1.165, 1.54) is 31.0 Å². The van der Waals surface area contributed by atoms with Gasteiger partial charge >= 0.3 is 0 Å². The molecule has 2 aromatic rings. The molecule has 1 aliphatic rings. The van der Waals surface area contributed by atoms with Gasteiger partial charge in [0.25, 0.3) is 0 Å². The molecule has 0 spiro atoms. The Bertz CT molecular complexity index is 845. The van der Waals surface area contributed by atoms with E-state index in [9.17, 15) is 17.6 Å². The van der Waals surface area contributed by atoms with Crippen molar-refractivity contribution in [3.8, 4) is 11.8 Å². The molecule has 0 aliphatic heterocycles. The maximum Gasteiger partial charge on any atom is 0.160 e. The first kappa shape index (κ1) is 19.5. The minimum atomic E-state index is -1.04. The van der Waals surface area contributed by atoms with Crippen molar-refractivity contribution in [2.75, 3.05) is 0 Å². The first-order valence-corrected chi connectivity index (χ1v) is 9.44. The minimum absolute atomic E-state index is 0.158. The average Bonchev–Trinajstić information content (AvgIpc) is 2.64. The minimum Gasteiger partial charge on any atom is -0.206 e. The third kappa shape index (κ3) is 4.71. The maximum atomic E-state index is 14.4. The van der Waals surface area contributed by atoms with E-state index in [0.29, 0.717) is 5.56 Å². The highest BCUT2D eigenvalue weighted by molar-refractivity contribution is 5.45. The van der Waals surface area contributed by atoms with E-state index in [2.05, 4.69) is 18.8 Å². The fourth-order valence-corrected chi connectivity index (χ4v) is 3.85. The molecule has 0 amide bonds. The Morgan fingerprint density at radius 3 is 2.07 bits per heavy atom. The molecule has 1 fully saturated rings. The fraction of sp³-hybridized carbons (Fsp3) is 0.391. The molecular weight excluding hydrogens is 352 g/mol. The zero-order valence-electron chi connectivity index (χ0n) is 15.3. The average molecular weight is 374 g/mol. The van der Waals surface area contributed by atoms with Crippen molar-refractivity contribution in [2.24, 2.45) is 5.92 Å². The van der Waals surface area contributed by atoms with Gasteiger partial charge in [-0.3, -0.25) is 0 Å². The highest BCUT2D eigenvalue weighted by Crippen LogP contribution is 2.38. The third-order valence-corrected chi connectivity index (χ3v) is 5.33. The molecule has 0 nitrogen and oxygen atoms in total. The van der Waals surface area contributed by atoms with Gasteiger partial charge in [-0.05, 0) is 73.4 Å². The molecule has 0 saturated heterocycles. The van der Waals surface area contributed by atoms with Crippen LogP contribution in [0.4, 0.5) is 17.6 Å². The van der Waals surface area contributed by atoms with Crippen LogP contribution in [0.2, 0.25) is 0 Å². The molecule has 0 aromatic heterocycles. The Morgan fingerprint density at radius 2 is 1.48 bits per heavy atom. The summed E-state index contributed by atoms with van der Waals surface area (Å²) in [7, 11) is 0. The number of benzene rings is 2. The van der Waals surface area contributed by atoms with Gasteiger partial charge in [-0.1, -0.05) is 31.6 Å². The molecule has 27 heavy (non-hydrogen) atoms. The number of halogens is 4. The van der Waals surface area contributed by atoms with Crippen molar-refractivity contribution < 1.29 is 17.6 Å².